The Balaban J connectivity index is 2.57. The summed E-state index contributed by atoms with van der Waals surface area (Å²) in [5, 5.41) is 2.87. The van der Waals surface area contributed by atoms with Crippen molar-refractivity contribution in [1.29, 1.82) is 0 Å². The molecule has 0 atom stereocenters. The zero-order valence-corrected chi connectivity index (χ0v) is 13.2. The number of amides is 1. The number of ketones is 1. The van der Waals surface area contributed by atoms with Crippen LogP contribution in [-0.2, 0) is 4.79 Å². The third-order valence-corrected chi connectivity index (χ3v) is 4.00. The Bertz CT molecular complexity index is 595. The van der Waals surface area contributed by atoms with Gasteiger partial charge in [-0.05, 0) is 43.7 Å². The summed E-state index contributed by atoms with van der Waals surface area (Å²) in [6.45, 7) is 8.01. The molecule has 3 nitrogen and oxygen atoms in total. The van der Waals surface area contributed by atoms with E-state index < -0.39 is 0 Å². The first kappa shape index (κ1) is 15.5. The number of hydrogen-bond donors (Lipinski definition) is 1. The molecule has 0 heterocycles. The number of carbonyl (C=O) groups excluding carboxylic acids is 2. The Labute approximate surface area is 126 Å². The van der Waals surface area contributed by atoms with Gasteiger partial charge in [-0.1, -0.05) is 38.1 Å². The van der Waals surface area contributed by atoms with Gasteiger partial charge in [0.05, 0.1) is 5.57 Å². The predicted octanol–water partition coefficient (Wildman–Crippen LogP) is 3.60. The lowest BCUT2D eigenvalue weighted by atomic mass is 9.88. The minimum Gasteiger partial charge on any atom is -0.350 e. The van der Waals surface area contributed by atoms with Gasteiger partial charge in [0.25, 0.3) is 5.91 Å². The van der Waals surface area contributed by atoms with Crippen LogP contribution < -0.4 is 5.32 Å². The number of nitrogens with one attached hydrogen (secondary N) is 1. The summed E-state index contributed by atoms with van der Waals surface area (Å²) >= 11 is 0. The predicted molar refractivity (Wildman–Crippen MR) is 85.0 cm³/mol. The van der Waals surface area contributed by atoms with Crippen molar-refractivity contribution in [2.75, 3.05) is 0 Å². The van der Waals surface area contributed by atoms with Crippen molar-refractivity contribution in [2.45, 2.75) is 46.6 Å². The minimum atomic E-state index is -0.242. The van der Waals surface area contributed by atoms with Crippen molar-refractivity contribution in [3.8, 4) is 0 Å². The standard InChI is InChI=1S/C18H23NO2/c1-5-12(6-2)15-13-9-7-8-10-14(13)17(20)16(15)18(21)19-11(3)4/h7-12H,5-6H2,1-4H3,(H,19,21). The van der Waals surface area contributed by atoms with Gasteiger partial charge >= 0.3 is 0 Å². The molecule has 0 saturated carbocycles. The Morgan fingerprint density at radius 2 is 1.67 bits per heavy atom. The molecule has 1 aromatic carbocycles. The van der Waals surface area contributed by atoms with Crippen LogP contribution in [0.4, 0.5) is 0 Å². The number of fused-ring (bicyclic) bond motifs is 1. The lowest BCUT2D eigenvalue weighted by Crippen LogP contribution is -2.33. The maximum absolute atomic E-state index is 12.6. The first-order valence-corrected chi connectivity index (χ1v) is 7.70. The second-order valence-corrected chi connectivity index (χ2v) is 5.80. The van der Waals surface area contributed by atoms with Crippen LogP contribution in [-0.4, -0.2) is 17.7 Å². The van der Waals surface area contributed by atoms with Crippen molar-refractivity contribution in [1.82, 2.24) is 5.32 Å². The van der Waals surface area contributed by atoms with Gasteiger partial charge in [-0.25, -0.2) is 0 Å². The number of hydrogen-bond acceptors (Lipinski definition) is 2. The largest absolute Gasteiger partial charge is 0.350 e. The van der Waals surface area contributed by atoms with Crippen molar-refractivity contribution in [3.05, 3.63) is 41.0 Å². The van der Waals surface area contributed by atoms with Crippen LogP contribution in [0.5, 0.6) is 0 Å². The van der Waals surface area contributed by atoms with E-state index in [2.05, 4.69) is 19.2 Å². The number of Topliss-reactive ketones (excluding diaryl/α,β-unsaturated/α-hetero) is 1. The quantitative estimate of drug-likeness (QED) is 0.840. The molecule has 0 radical (unpaired) electrons. The highest BCUT2D eigenvalue weighted by Gasteiger charge is 2.36. The minimum absolute atomic E-state index is 0.0180. The fourth-order valence-corrected chi connectivity index (χ4v) is 2.99. The third-order valence-electron chi connectivity index (χ3n) is 4.00. The summed E-state index contributed by atoms with van der Waals surface area (Å²) in [4.78, 5) is 25.1. The highest BCUT2D eigenvalue weighted by Crippen LogP contribution is 2.40. The molecule has 3 heteroatoms. The van der Waals surface area contributed by atoms with Gasteiger partial charge in [0, 0.05) is 11.6 Å². The van der Waals surface area contributed by atoms with E-state index in [9.17, 15) is 9.59 Å². The highest BCUT2D eigenvalue weighted by atomic mass is 16.2. The number of carbonyl (C=O) groups is 2. The van der Waals surface area contributed by atoms with E-state index >= 15 is 0 Å². The topological polar surface area (TPSA) is 46.2 Å². The fourth-order valence-electron chi connectivity index (χ4n) is 2.99. The molecule has 1 aromatic rings. The average molecular weight is 285 g/mol. The fraction of sp³-hybridized carbons (Fsp3) is 0.444. The van der Waals surface area contributed by atoms with Crippen LogP contribution in [0.15, 0.2) is 29.8 Å². The summed E-state index contributed by atoms with van der Waals surface area (Å²) < 4.78 is 0. The van der Waals surface area contributed by atoms with Crippen LogP contribution in [0, 0.1) is 5.92 Å². The second kappa shape index (κ2) is 6.25. The first-order chi connectivity index (χ1) is 10.0. The lowest BCUT2D eigenvalue weighted by molar-refractivity contribution is -0.117. The van der Waals surface area contributed by atoms with Crippen LogP contribution in [0.2, 0.25) is 0 Å². The molecule has 0 spiro atoms. The van der Waals surface area contributed by atoms with E-state index in [0.717, 1.165) is 24.0 Å². The van der Waals surface area contributed by atoms with Gasteiger partial charge in [0.2, 0.25) is 0 Å². The van der Waals surface area contributed by atoms with Crippen LogP contribution in [0.1, 0.15) is 56.5 Å². The SMILES string of the molecule is CCC(CC)C1=C(C(=O)NC(C)C)C(=O)c2ccccc21. The van der Waals surface area contributed by atoms with Crippen molar-refractivity contribution in [3.63, 3.8) is 0 Å². The van der Waals surface area contributed by atoms with Crippen molar-refractivity contribution in [2.24, 2.45) is 5.92 Å². The summed E-state index contributed by atoms with van der Waals surface area (Å²) in [5.41, 5.74) is 2.87. The van der Waals surface area contributed by atoms with E-state index in [1.165, 1.54) is 0 Å². The van der Waals surface area contributed by atoms with E-state index in [4.69, 9.17) is 0 Å². The molecule has 0 fully saturated rings. The number of rotatable bonds is 5. The van der Waals surface area contributed by atoms with Gasteiger partial charge in [0.15, 0.2) is 5.78 Å². The van der Waals surface area contributed by atoms with Gasteiger partial charge in [-0.3, -0.25) is 9.59 Å². The number of allylic oxidation sites excluding steroid dienone is 1. The first-order valence-electron chi connectivity index (χ1n) is 7.70. The molecule has 0 bridgehead atoms. The summed E-state index contributed by atoms with van der Waals surface area (Å²) in [5.74, 6) is -0.135. The Kier molecular flexibility index (Phi) is 4.61. The van der Waals surface area contributed by atoms with Gasteiger partial charge in [0.1, 0.15) is 0 Å². The highest BCUT2D eigenvalue weighted by molar-refractivity contribution is 6.34. The lowest BCUT2D eigenvalue weighted by Gasteiger charge is -2.17. The molecule has 112 valence electrons. The summed E-state index contributed by atoms with van der Waals surface area (Å²) in [7, 11) is 0. The van der Waals surface area contributed by atoms with Gasteiger partial charge in [-0.15, -0.1) is 0 Å². The third kappa shape index (κ3) is 2.78. The molecule has 1 amide bonds. The Morgan fingerprint density at radius 3 is 2.19 bits per heavy atom. The maximum atomic E-state index is 12.6. The molecule has 2 rings (SSSR count). The van der Waals surface area contributed by atoms with Crippen molar-refractivity contribution < 1.29 is 9.59 Å². The molecular weight excluding hydrogens is 262 g/mol. The van der Waals surface area contributed by atoms with E-state index in [-0.39, 0.29) is 23.7 Å². The number of benzene rings is 1. The normalized spacial score (nSPS) is 14.1. The Morgan fingerprint density at radius 1 is 1.10 bits per heavy atom. The molecule has 1 aliphatic rings. The van der Waals surface area contributed by atoms with Crippen molar-refractivity contribution >= 4 is 17.3 Å². The van der Waals surface area contributed by atoms with E-state index in [1.807, 2.05) is 38.1 Å². The molecule has 1 aliphatic carbocycles. The van der Waals surface area contributed by atoms with E-state index in [1.54, 1.807) is 0 Å². The van der Waals surface area contributed by atoms with Crippen LogP contribution >= 0.6 is 0 Å². The molecule has 0 saturated heterocycles. The molecular formula is C18H23NO2. The molecule has 0 aliphatic heterocycles. The molecule has 0 unspecified atom stereocenters. The zero-order valence-electron chi connectivity index (χ0n) is 13.2. The average Bonchev–Trinajstić information content (AvgIpc) is 2.74. The zero-order chi connectivity index (χ0) is 15.6. The maximum Gasteiger partial charge on any atom is 0.255 e. The summed E-state index contributed by atoms with van der Waals surface area (Å²) in [6.07, 6.45) is 1.85. The van der Waals surface area contributed by atoms with Gasteiger partial charge < -0.3 is 5.32 Å². The smallest absolute Gasteiger partial charge is 0.255 e. The monoisotopic (exact) mass is 285 g/mol. The van der Waals surface area contributed by atoms with Gasteiger partial charge in [-0.2, -0.15) is 0 Å². The molecule has 0 aromatic heterocycles. The second-order valence-electron chi connectivity index (χ2n) is 5.80. The van der Waals surface area contributed by atoms with Crippen LogP contribution in [0.3, 0.4) is 0 Å². The summed E-state index contributed by atoms with van der Waals surface area (Å²) in [6, 6.07) is 7.57. The van der Waals surface area contributed by atoms with Crippen LogP contribution in [0.25, 0.3) is 5.57 Å². The molecule has 21 heavy (non-hydrogen) atoms. The molecule has 1 N–H and O–H groups in total. The Hall–Kier alpha value is -1.90. The van der Waals surface area contributed by atoms with E-state index in [0.29, 0.717) is 11.1 Å².